The molecular formula is C22H25ClN4O3. The zero-order valence-corrected chi connectivity index (χ0v) is 17.4. The first-order valence-corrected chi connectivity index (χ1v) is 10.4. The van der Waals surface area contributed by atoms with Gasteiger partial charge in [-0.3, -0.25) is 14.4 Å². The lowest BCUT2D eigenvalue weighted by Crippen LogP contribution is -2.42. The minimum absolute atomic E-state index is 0.00626. The highest BCUT2D eigenvalue weighted by atomic mass is 35.5. The fourth-order valence-electron chi connectivity index (χ4n) is 3.38. The van der Waals surface area contributed by atoms with Gasteiger partial charge in [0.15, 0.2) is 0 Å². The van der Waals surface area contributed by atoms with Crippen molar-refractivity contribution in [2.45, 2.75) is 25.7 Å². The van der Waals surface area contributed by atoms with Gasteiger partial charge in [-0.05, 0) is 30.5 Å². The molecule has 0 bridgehead atoms. The molecule has 158 valence electrons. The van der Waals surface area contributed by atoms with E-state index in [9.17, 15) is 14.4 Å². The number of likely N-dealkylation sites (tertiary alicyclic amines) is 1. The lowest BCUT2D eigenvalue weighted by atomic mass is 9.95. The number of benzene rings is 1. The van der Waals surface area contributed by atoms with Gasteiger partial charge in [-0.1, -0.05) is 41.9 Å². The Morgan fingerprint density at radius 2 is 1.80 bits per heavy atom. The number of rotatable bonds is 7. The predicted molar refractivity (Wildman–Crippen MR) is 115 cm³/mol. The monoisotopic (exact) mass is 428 g/mol. The number of hydrogen-bond acceptors (Lipinski definition) is 4. The average molecular weight is 429 g/mol. The lowest BCUT2D eigenvalue weighted by Gasteiger charge is -2.31. The maximum Gasteiger partial charge on any atom is 0.228 e. The van der Waals surface area contributed by atoms with Crippen molar-refractivity contribution in [1.29, 1.82) is 0 Å². The van der Waals surface area contributed by atoms with Crippen LogP contribution in [0.2, 0.25) is 5.02 Å². The number of pyridine rings is 1. The number of nitrogens with one attached hydrogen (secondary N) is 2. The summed E-state index contributed by atoms with van der Waals surface area (Å²) >= 11 is 5.80. The Morgan fingerprint density at radius 3 is 2.47 bits per heavy atom. The van der Waals surface area contributed by atoms with Crippen molar-refractivity contribution < 1.29 is 14.4 Å². The molecule has 0 aliphatic carbocycles. The van der Waals surface area contributed by atoms with E-state index in [1.165, 1.54) is 6.20 Å². The minimum atomic E-state index is -0.155. The summed E-state index contributed by atoms with van der Waals surface area (Å²) in [6, 6.07) is 12.8. The van der Waals surface area contributed by atoms with Crippen molar-refractivity contribution in [3.63, 3.8) is 0 Å². The quantitative estimate of drug-likeness (QED) is 0.709. The molecule has 0 saturated carbocycles. The number of anilines is 1. The molecule has 2 N–H and O–H groups in total. The van der Waals surface area contributed by atoms with Gasteiger partial charge in [-0.15, -0.1) is 0 Å². The van der Waals surface area contributed by atoms with Crippen molar-refractivity contribution in [2.75, 3.05) is 25.0 Å². The SMILES string of the molecule is O=C(Cc1ccccc1)NCCC(=O)N1CCC(C(=O)Nc2ccc(Cl)cn2)CC1. The Morgan fingerprint density at radius 1 is 1.07 bits per heavy atom. The molecule has 1 aliphatic heterocycles. The molecule has 0 atom stereocenters. The topological polar surface area (TPSA) is 91.4 Å². The first-order valence-electron chi connectivity index (χ1n) is 10.0. The number of carbonyl (C=O) groups is 3. The van der Waals surface area contributed by atoms with Crippen molar-refractivity contribution in [1.82, 2.24) is 15.2 Å². The summed E-state index contributed by atoms with van der Waals surface area (Å²) in [6.07, 6.45) is 3.25. The van der Waals surface area contributed by atoms with Gasteiger partial charge in [0.25, 0.3) is 0 Å². The van der Waals surface area contributed by atoms with E-state index in [1.54, 1.807) is 17.0 Å². The number of piperidine rings is 1. The lowest BCUT2D eigenvalue weighted by molar-refractivity contribution is -0.134. The molecule has 2 aromatic rings. The summed E-state index contributed by atoms with van der Waals surface area (Å²) in [7, 11) is 0. The maximum atomic E-state index is 12.4. The largest absolute Gasteiger partial charge is 0.355 e. The van der Waals surface area contributed by atoms with Crippen molar-refractivity contribution in [3.8, 4) is 0 Å². The van der Waals surface area contributed by atoms with Gasteiger partial charge in [0, 0.05) is 38.2 Å². The number of hydrogen-bond donors (Lipinski definition) is 2. The Labute approximate surface area is 180 Å². The van der Waals surface area contributed by atoms with Crippen LogP contribution in [0.4, 0.5) is 5.82 Å². The highest BCUT2D eigenvalue weighted by Gasteiger charge is 2.27. The molecule has 8 heteroatoms. The fraction of sp³-hybridized carbons (Fsp3) is 0.364. The Hall–Kier alpha value is -2.93. The molecule has 7 nitrogen and oxygen atoms in total. The molecule has 1 aromatic carbocycles. The summed E-state index contributed by atoms with van der Waals surface area (Å²) in [6.45, 7) is 1.37. The third kappa shape index (κ3) is 6.56. The van der Waals surface area contributed by atoms with Gasteiger partial charge >= 0.3 is 0 Å². The van der Waals surface area contributed by atoms with E-state index >= 15 is 0 Å². The third-order valence-corrected chi connectivity index (χ3v) is 5.29. The van der Waals surface area contributed by atoms with Crippen LogP contribution in [0, 0.1) is 5.92 Å². The molecule has 30 heavy (non-hydrogen) atoms. The van der Waals surface area contributed by atoms with E-state index < -0.39 is 0 Å². The number of halogens is 1. The number of nitrogens with zero attached hydrogens (tertiary/aromatic N) is 2. The molecule has 1 fully saturated rings. The Balaban J connectivity index is 1.35. The molecule has 1 saturated heterocycles. The molecule has 0 unspecified atom stereocenters. The molecule has 1 aliphatic rings. The zero-order chi connectivity index (χ0) is 21.3. The summed E-state index contributed by atoms with van der Waals surface area (Å²) in [5.74, 6) is 0.116. The standard InChI is InChI=1S/C22H25ClN4O3/c23-18-6-7-19(25-15-18)26-22(30)17-9-12-27(13-10-17)21(29)8-11-24-20(28)14-16-4-2-1-3-5-16/h1-7,15,17H,8-14H2,(H,24,28)(H,25,26,30). The molecule has 2 heterocycles. The number of aromatic nitrogens is 1. The van der Waals surface area contributed by atoms with Gasteiger partial charge < -0.3 is 15.5 Å². The second-order valence-corrected chi connectivity index (χ2v) is 7.70. The second-order valence-electron chi connectivity index (χ2n) is 7.27. The van der Waals surface area contributed by atoms with Gasteiger partial charge in [0.05, 0.1) is 11.4 Å². The average Bonchev–Trinajstić information content (AvgIpc) is 2.76. The molecule has 1 aromatic heterocycles. The first-order chi connectivity index (χ1) is 14.5. The summed E-state index contributed by atoms with van der Waals surface area (Å²) in [4.78, 5) is 42.6. The van der Waals surface area contributed by atoms with E-state index in [4.69, 9.17) is 11.6 Å². The van der Waals surface area contributed by atoms with E-state index in [0.29, 0.717) is 49.7 Å². The van der Waals surface area contributed by atoms with Crippen LogP contribution in [0.5, 0.6) is 0 Å². The molecular weight excluding hydrogens is 404 g/mol. The van der Waals surface area contributed by atoms with E-state index in [2.05, 4.69) is 15.6 Å². The van der Waals surface area contributed by atoms with Crippen LogP contribution in [-0.4, -0.2) is 47.2 Å². The third-order valence-electron chi connectivity index (χ3n) is 5.07. The molecule has 3 rings (SSSR count). The van der Waals surface area contributed by atoms with Crippen LogP contribution >= 0.6 is 11.6 Å². The minimum Gasteiger partial charge on any atom is -0.355 e. The van der Waals surface area contributed by atoms with Gasteiger partial charge in [-0.2, -0.15) is 0 Å². The zero-order valence-electron chi connectivity index (χ0n) is 16.6. The van der Waals surface area contributed by atoms with Gasteiger partial charge in [0.2, 0.25) is 17.7 Å². The molecule has 3 amide bonds. The van der Waals surface area contributed by atoms with E-state index in [1.807, 2.05) is 30.3 Å². The smallest absolute Gasteiger partial charge is 0.228 e. The van der Waals surface area contributed by atoms with Crippen molar-refractivity contribution in [3.05, 3.63) is 59.2 Å². The van der Waals surface area contributed by atoms with Crippen LogP contribution in [0.3, 0.4) is 0 Å². The van der Waals surface area contributed by atoms with Crippen LogP contribution in [0.15, 0.2) is 48.7 Å². The maximum absolute atomic E-state index is 12.4. The Kier molecular flexibility index (Phi) is 7.79. The Bertz CT molecular complexity index is 866. The van der Waals surface area contributed by atoms with Crippen LogP contribution < -0.4 is 10.6 Å². The molecule has 0 spiro atoms. The number of amides is 3. The van der Waals surface area contributed by atoms with Crippen molar-refractivity contribution in [2.24, 2.45) is 5.92 Å². The van der Waals surface area contributed by atoms with E-state index in [-0.39, 0.29) is 30.1 Å². The summed E-state index contributed by atoms with van der Waals surface area (Å²) in [5, 5.41) is 6.09. The highest BCUT2D eigenvalue weighted by Crippen LogP contribution is 2.20. The van der Waals surface area contributed by atoms with Gasteiger partial charge in [0.1, 0.15) is 5.82 Å². The van der Waals surface area contributed by atoms with Crippen LogP contribution in [0.25, 0.3) is 0 Å². The highest BCUT2D eigenvalue weighted by molar-refractivity contribution is 6.30. The summed E-state index contributed by atoms with van der Waals surface area (Å²) in [5.41, 5.74) is 0.940. The predicted octanol–water partition coefficient (Wildman–Crippen LogP) is 2.66. The van der Waals surface area contributed by atoms with E-state index in [0.717, 1.165) is 5.56 Å². The van der Waals surface area contributed by atoms with Crippen LogP contribution in [-0.2, 0) is 20.8 Å². The first kappa shape index (κ1) is 21.8. The van der Waals surface area contributed by atoms with Crippen LogP contribution in [0.1, 0.15) is 24.8 Å². The molecule has 0 radical (unpaired) electrons. The van der Waals surface area contributed by atoms with Gasteiger partial charge in [-0.25, -0.2) is 4.98 Å². The number of carbonyl (C=O) groups excluding carboxylic acids is 3. The fourth-order valence-corrected chi connectivity index (χ4v) is 3.49. The summed E-state index contributed by atoms with van der Waals surface area (Å²) < 4.78 is 0. The normalized spacial score (nSPS) is 14.2. The van der Waals surface area contributed by atoms with Crippen molar-refractivity contribution >= 4 is 35.1 Å². The second kappa shape index (κ2) is 10.7.